The van der Waals surface area contributed by atoms with Crippen molar-refractivity contribution >= 4 is 10.8 Å². The monoisotopic (exact) mass is 223 g/mol. The van der Waals surface area contributed by atoms with Gasteiger partial charge in [0.1, 0.15) is 5.82 Å². The highest BCUT2D eigenvalue weighted by Crippen LogP contribution is 2.27. The zero-order chi connectivity index (χ0) is 11.7. The number of hydrogen-bond acceptors (Lipinski definition) is 1. The average Bonchev–Trinajstić information content (AvgIpc) is 2.41. The Hall–Kier alpha value is -2.22. The largest absolute Gasteiger partial charge is 0.253 e. The zero-order valence-corrected chi connectivity index (χ0v) is 9.10. The summed E-state index contributed by atoms with van der Waals surface area (Å²) >= 11 is 0. The van der Waals surface area contributed by atoms with Gasteiger partial charge in [0.15, 0.2) is 0 Å². The molecule has 0 unspecified atom stereocenters. The fourth-order valence-corrected chi connectivity index (χ4v) is 1.98. The molecule has 0 bridgehead atoms. The number of aromatic nitrogens is 1. The summed E-state index contributed by atoms with van der Waals surface area (Å²) in [4.78, 5) is 4.20. The van der Waals surface area contributed by atoms with Gasteiger partial charge in [-0.25, -0.2) is 4.39 Å². The molecule has 0 atom stereocenters. The number of pyridine rings is 1. The van der Waals surface area contributed by atoms with Gasteiger partial charge in [0.2, 0.25) is 0 Å². The molecule has 0 N–H and O–H groups in total. The smallest absolute Gasteiger partial charge is 0.149 e. The van der Waals surface area contributed by atoms with E-state index < -0.39 is 0 Å². The molecule has 1 nitrogen and oxygen atoms in total. The summed E-state index contributed by atoms with van der Waals surface area (Å²) in [7, 11) is 0. The number of fused-ring (bicyclic) bond motifs is 1. The van der Waals surface area contributed by atoms with Gasteiger partial charge in [-0.1, -0.05) is 54.6 Å². The Morgan fingerprint density at radius 3 is 2.18 bits per heavy atom. The van der Waals surface area contributed by atoms with Crippen LogP contribution >= 0.6 is 0 Å². The fourth-order valence-electron chi connectivity index (χ4n) is 1.98. The number of benzene rings is 2. The van der Waals surface area contributed by atoms with Crippen LogP contribution in [0.5, 0.6) is 0 Å². The Morgan fingerprint density at radius 2 is 1.41 bits per heavy atom. The summed E-state index contributed by atoms with van der Waals surface area (Å²) in [5.41, 5.74) is 1.83. The van der Waals surface area contributed by atoms with Crippen LogP contribution in [0.25, 0.3) is 22.0 Å². The first-order valence-electron chi connectivity index (χ1n) is 5.45. The minimum atomic E-state index is -0.278. The second kappa shape index (κ2) is 3.98. The molecule has 3 aromatic rings. The molecule has 0 spiro atoms. The number of halogens is 1. The molecular weight excluding hydrogens is 213 g/mol. The van der Waals surface area contributed by atoms with E-state index in [0.29, 0.717) is 5.39 Å². The SMILES string of the molecule is Fc1cnc(-c2ccccc2)c2ccccc12. The molecule has 0 saturated heterocycles. The molecular formula is C15H10FN. The van der Waals surface area contributed by atoms with Gasteiger partial charge in [0, 0.05) is 16.3 Å². The molecule has 3 rings (SSSR count). The van der Waals surface area contributed by atoms with E-state index in [-0.39, 0.29) is 5.82 Å². The van der Waals surface area contributed by atoms with E-state index >= 15 is 0 Å². The van der Waals surface area contributed by atoms with Crippen LogP contribution in [0, 0.1) is 5.82 Å². The van der Waals surface area contributed by atoms with Crippen molar-refractivity contribution in [3.05, 3.63) is 66.6 Å². The van der Waals surface area contributed by atoms with E-state index in [1.165, 1.54) is 6.20 Å². The second-order valence-corrected chi connectivity index (χ2v) is 3.87. The Morgan fingerprint density at radius 1 is 0.765 bits per heavy atom. The standard InChI is InChI=1S/C15H10FN/c16-14-10-17-15(11-6-2-1-3-7-11)13-9-5-4-8-12(13)14/h1-10H. The highest BCUT2D eigenvalue weighted by Gasteiger charge is 2.07. The molecule has 1 aromatic heterocycles. The van der Waals surface area contributed by atoms with Crippen molar-refractivity contribution in [1.29, 1.82) is 0 Å². The fraction of sp³-hybridized carbons (Fsp3) is 0. The Bertz CT molecular complexity index is 662. The predicted molar refractivity (Wildman–Crippen MR) is 67.1 cm³/mol. The van der Waals surface area contributed by atoms with E-state index in [1.54, 1.807) is 6.07 Å². The van der Waals surface area contributed by atoms with Gasteiger partial charge in [-0.2, -0.15) is 0 Å². The molecule has 82 valence electrons. The van der Waals surface area contributed by atoms with Crippen molar-refractivity contribution in [2.45, 2.75) is 0 Å². The van der Waals surface area contributed by atoms with Crippen LogP contribution in [0.3, 0.4) is 0 Å². The lowest BCUT2D eigenvalue weighted by Crippen LogP contribution is -1.89. The van der Waals surface area contributed by atoms with E-state index in [0.717, 1.165) is 16.6 Å². The molecule has 17 heavy (non-hydrogen) atoms. The Balaban J connectivity index is 2.35. The summed E-state index contributed by atoms with van der Waals surface area (Å²) in [6.45, 7) is 0. The summed E-state index contributed by atoms with van der Waals surface area (Å²) < 4.78 is 13.6. The predicted octanol–water partition coefficient (Wildman–Crippen LogP) is 4.04. The van der Waals surface area contributed by atoms with Gasteiger partial charge >= 0.3 is 0 Å². The van der Waals surface area contributed by atoms with Crippen LogP contribution in [0.15, 0.2) is 60.8 Å². The first kappa shape index (κ1) is 9.97. The van der Waals surface area contributed by atoms with Crippen LogP contribution in [0.4, 0.5) is 4.39 Å². The molecule has 0 radical (unpaired) electrons. The maximum atomic E-state index is 13.6. The third-order valence-corrected chi connectivity index (χ3v) is 2.79. The van der Waals surface area contributed by atoms with Crippen LogP contribution in [0.1, 0.15) is 0 Å². The maximum Gasteiger partial charge on any atom is 0.149 e. The van der Waals surface area contributed by atoms with Crippen molar-refractivity contribution in [3.8, 4) is 11.3 Å². The van der Waals surface area contributed by atoms with Crippen molar-refractivity contribution in [2.24, 2.45) is 0 Å². The number of nitrogens with zero attached hydrogens (tertiary/aromatic N) is 1. The molecule has 0 fully saturated rings. The third-order valence-electron chi connectivity index (χ3n) is 2.79. The Kier molecular flexibility index (Phi) is 2.33. The lowest BCUT2D eigenvalue weighted by atomic mass is 10.0. The number of hydrogen-bond donors (Lipinski definition) is 0. The van der Waals surface area contributed by atoms with Gasteiger partial charge in [-0.05, 0) is 0 Å². The van der Waals surface area contributed by atoms with Crippen molar-refractivity contribution in [3.63, 3.8) is 0 Å². The lowest BCUT2D eigenvalue weighted by molar-refractivity contribution is 0.634. The maximum absolute atomic E-state index is 13.6. The first-order chi connectivity index (χ1) is 8.36. The van der Waals surface area contributed by atoms with E-state index in [9.17, 15) is 4.39 Å². The van der Waals surface area contributed by atoms with Gasteiger partial charge in [-0.3, -0.25) is 4.98 Å². The summed E-state index contributed by atoms with van der Waals surface area (Å²) in [5, 5.41) is 1.46. The van der Waals surface area contributed by atoms with Gasteiger partial charge in [0.05, 0.1) is 11.9 Å². The minimum absolute atomic E-state index is 0.278. The molecule has 0 aliphatic heterocycles. The summed E-state index contributed by atoms with van der Waals surface area (Å²) in [6.07, 6.45) is 1.28. The third kappa shape index (κ3) is 1.68. The molecule has 2 heteroatoms. The minimum Gasteiger partial charge on any atom is -0.253 e. The Labute approximate surface area is 98.6 Å². The summed E-state index contributed by atoms with van der Waals surface area (Å²) in [6, 6.07) is 17.2. The van der Waals surface area contributed by atoms with Gasteiger partial charge in [-0.15, -0.1) is 0 Å². The van der Waals surface area contributed by atoms with Crippen molar-refractivity contribution in [2.75, 3.05) is 0 Å². The molecule has 2 aromatic carbocycles. The average molecular weight is 223 g/mol. The highest BCUT2D eigenvalue weighted by atomic mass is 19.1. The van der Waals surface area contributed by atoms with Crippen LogP contribution < -0.4 is 0 Å². The van der Waals surface area contributed by atoms with E-state index in [2.05, 4.69) is 4.98 Å². The number of rotatable bonds is 1. The van der Waals surface area contributed by atoms with E-state index in [1.807, 2.05) is 48.5 Å². The first-order valence-corrected chi connectivity index (χ1v) is 5.45. The summed E-state index contributed by atoms with van der Waals surface area (Å²) in [5.74, 6) is -0.278. The van der Waals surface area contributed by atoms with Gasteiger partial charge < -0.3 is 0 Å². The molecule has 0 amide bonds. The molecule has 0 aliphatic carbocycles. The molecule has 0 aliphatic rings. The second-order valence-electron chi connectivity index (χ2n) is 3.87. The van der Waals surface area contributed by atoms with Crippen molar-refractivity contribution in [1.82, 2.24) is 4.98 Å². The van der Waals surface area contributed by atoms with Crippen LogP contribution in [0.2, 0.25) is 0 Å². The quantitative estimate of drug-likeness (QED) is 0.606. The molecule has 1 heterocycles. The lowest BCUT2D eigenvalue weighted by Gasteiger charge is -2.06. The van der Waals surface area contributed by atoms with E-state index in [4.69, 9.17) is 0 Å². The van der Waals surface area contributed by atoms with Crippen LogP contribution in [-0.4, -0.2) is 4.98 Å². The van der Waals surface area contributed by atoms with Crippen LogP contribution in [-0.2, 0) is 0 Å². The topological polar surface area (TPSA) is 12.9 Å². The molecule has 0 saturated carbocycles. The highest BCUT2D eigenvalue weighted by molar-refractivity contribution is 5.94. The zero-order valence-electron chi connectivity index (χ0n) is 9.10. The normalized spacial score (nSPS) is 10.6. The van der Waals surface area contributed by atoms with Crippen molar-refractivity contribution < 1.29 is 4.39 Å². The van der Waals surface area contributed by atoms with Gasteiger partial charge in [0.25, 0.3) is 0 Å².